The summed E-state index contributed by atoms with van der Waals surface area (Å²) in [5.74, 6) is 0.241. The van der Waals surface area contributed by atoms with Crippen molar-refractivity contribution < 1.29 is 9.22 Å². The molecule has 0 spiro atoms. The zero-order valence-corrected chi connectivity index (χ0v) is 17.5. The van der Waals surface area contributed by atoms with Gasteiger partial charge in [-0.3, -0.25) is 4.79 Å². The fraction of sp³-hybridized carbons (Fsp3) is 0.571. The number of fused-ring (bicyclic) bond motifs is 3. The molecule has 1 aromatic carbocycles. The van der Waals surface area contributed by atoms with Gasteiger partial charge in [0.1, 0.15) is 0 Å². The molecular weight excluding hydrogens is 326 g/mol. The van der Waals surface area contributed by atoms with Gasteiger partial charge in [0.2, 0.25) is 0 Å². The van der Waals surface area contributed by atoms with E-state index in [9.17, 15) is 4.79 Å². The van der Waals surface area contributed by atoms with E-state index in [1.165, 1.54) is 16.6 Å². The largest absolute Gasteiger partial charge is 0.408 e. The van der Waals surface area contributed by atoms with Crippen LogP contribution in [0.2, 0.25) is 18.1 Å². The van der Waals surface area contributed by atoms with Crippen LogP contribution >= 0.6 is 0 Å². The summed E-state index contributed by atoms with van der Waals surface area (Å²) in [6.07, 6.45) is 2.75. The minimum atomic E-state index is -1.79. The molecule has 1 unspecified atom stereocenters. The van der Waals surface area contributed by atoms with Crippen LogP contribution in [0.3, 0.4) is 0 Å². The molecule has 0 N–H and O–H groups in total. The highest BCUT2D eigenvalue weighted by molar-refractivity contribution is 6.74. The van der Waals surface area contributed by atoms with Gasteiger partial charge in [0.15, 0.2) is 14.1 Å². The van der Waals surface area contributed by atoms with Gasteiger partial charge < -0.3 is 8.99 Å². The number of benzene rings is 1. The summed E-state index contributed by atoms with van der Waals surface area (Å²) in [5.41, 5.74) is 3.34. The SMILES string of the molecule is CCCC(=O)c1ccc2c(c1)cc1n2CCC1O[Si](C)(C)C(C)(C)C. The molecule has 0 fully saturated rings. The number of nitrogens with zero attached hydrogens (tertiary/aromatic N) is 1. The maximum absolute atomic E-state index is 12.2. The number of hydrogen-bond donors (Lipinski definition) is 0. The molecule has 0 saturated heterocycles. The van der Waals surface area contributed by atoms with Crippen LogP contribution in [-0.2, 0) is 11.0 Å². The first kappa shape index (κ1) is 18.4. The van der Waals surface area contributed by atoms with Crippen molar-refractivity contribution in [3.05, 3.63) is 35.5 Å². The molecular formula is C21H31NO2Si. The van der Waals surface area contributed by atoms with Crippen molar-refractivity contribution >= 4 is 25.0 Å². The van der Waals surface area contributed by atoms with Crippen molar-refractivity contribution in [1.29, 1.82) is 0 Å². The van der Waals surface area contributed by atoms with Crippen molar-refractivity contribution in [3.63, 3.8) is 0 Å². The second kappa shape index (κ2) is 6.40. The number of aryl methyl sites for hydroxylation is 1. The zero-order chi connectivity index (χ0) is 18.4. The van der Waals surface area contributed by atoms with Crippen LogP contribution in [0, 0.1) is 0 Å². The molecule has 3 rings (SSSR count). The molecule has 2 heterocycles. The number of aromatic nitrogens is 1. The average molecular weight is 358 g/mol. The van der Waals surface area contributed by atoms with Crippen molar-refractivity contribution in [1.82, 2.24) is 4.57 Å². The fourth-order valence-electron chi connectivity index (χ4n) is 3.40. The van der Waals surface area contributed by atoms with Crippen LogP contribution in [0.15, 0.2) is 24.3 Å². The lowest BCUT2D eigenvalue weighted by molar-refractivity contribution is 0.0982. The number of hydrogen-bond acceptors (Lipinski definition) is 2. The quantitative estimate of drug-likeness (QED) is 0.479. The molecule has 0 saturated carbocycles. The fourth-order valence-corrected chi connectivity index (χ4v) is 4.70. The predicted octanol–water partition coefficient (Wildman–Crippen LogP) is 6.09. The Bertz CT molecular complexity index is 798. The van der Waals surface area contributed by atoms with E-state index in [1.807, 2.05) is 13.0 Å². The first-order chi connectivity index (χ1) is 11.6. The number of Topliss-reactive ketones (excluding diaryl/α,β-unsaturated/α-hetero) is 1. The Balaban J connectivity index is 1.92. The standard InChI is InChI=1S/C21H31NO2Si/c1-7-8-19(23)15-9-10-17-16(13-15)14-18-20(11-12-22(17)18)24-25(5,6)21(2,3)4/h9-10,13-14,20H,7-8,11-12H2,1-6H3. The highest BCUT2D eigenvalue weighted by Gasteiger charge is 2.41. The highest BCUT2D eigenvalue weighted by Crippen LogP contribution is 2.43. The average Bonchev–Trinajstić information content (AvgIpc) is 3.05. The Labute approximate surface area is 152 Å². The summed E-state index contributed by atoms with van der Waals surface area (Å²) >= 11 is 0. The number of rotatable bonds is 5. The maximum atomic E-state index is 12.2. The third-order valence-electron chi connectivity index (χ3n) is 5.92. The molecule has 0 bridgehead atoms. The molecule has 1 atom stereocenters. The van der Waals surface area contributed by atoms with Crippen molar-refractivity contribution in [2.75, 3.05) is 0 Å². The topological polar surface area (TPSA) is 31.2 Å². The zero-order valence-electron chi connectivity index (χ0n) is 16.5. The third-order valence-corrected chi connectivity index (χ3v) is 10.4. The molecule has 136 valence electrons. The van der Waals surface area contributed by atoms with E-state index in [-0.39, 0.29) is 16.9 Å². The number of ketones is 1. The van der Waals surface area contributed by atoms with Gasteiger partial charge >= 0.3 is 0 Å². The Morgan fingerprint density at radius 1 is 1.28 bits per heavy atom. The highest BCUT2D eigenvalue weighted by atomic mass is 28.4. The Kier molecular flexibility index (Phi) is 4.71. The van der Waals surface area contributed by atoms with E-state index < -0.39 is 8.32 Å². The summed E-state index contributed by atoms with van der Waals surface area (Å²) in [7, 11) is -1.79. The van der Waals surface area contributed by atoms with Crippen LogP contribution in [-0.4, -0.2) is 18.7 Å². The summed E-state index contributed by atoms with van der Waals surface area (Å²) in [6.45, 7) is 14.5. The van der Waals surface area contributed by atoms with E-state index in [2.05, 4.69) is 56.6 Å². The summed E-state index contributed by atoms with van der Waals surface area (Å²) in [6, 6.07) is 8.39. The van der Waals surface area contributed by atoms with Gasteiger partial charge in [-0.2, -0.15) is 0 Å². The molecule has 4 heteroatoms. The van der Waals surface area contributed by atoms with Gasteiger partial charge in [0.05, 0.1) is 6.10 Å². The lowest BCUT2D eigenvalue weighted by Crippen LogP contribution is -2.41. The number of carbonyl (C=O) groups excluding carboxylic acids is 1. The molecule has 1 aromatic heterocycles. The van der Waals surface area contributed by atoms with E-state index >= 15 is 0 Å². The first-order valence-corrected chi connectivity index (χ1v) is 12.4. The van der Waals surface area contributed by atoms with Crippen molar-refractivity contribution in [2.24, 2.45) is 0 Å². The van der Waals surface area contributed by atoms with Crippen LogP contribution in [0.5, 0.6) is 0 Å². The number of carbonyl (C=O) groups is 1. The minimum Gasteiger partial charge on any atom is -0.408 e. The first-order valence-electron chi connectivity index (χ1n) is 9.48. The normalized spacial score (nSPS) is 17.9. The lowest BCUT2D eigenvalue weighted by atomic mass is 10.0. The molecule has 0 radical (unpaired) electrons. The summed E-state index contributed by atoms with van der Waals surface area (Å²) < 4.78 is 9.06. The van der Waals surface area contributed by atoms with Gasteiger partial charge in [-0.05, 0) is 55.2 Å². The maximum Gasteiger partial charge on any atom is 0.192 e. The monoisotopic (exact) mass is 357 g/mol. The van der Waals surface area contributed by atoms with E-state index in [0.717, 1.165) is 24.9 Å². The summed E-state index contributed by atoms with van der Waals surface area (Å²) in [4.78, 5) is 12.2. The van der Waals surface area contributed by atoms with Gasteiger partial charge in [-0.1, -0.05) is 27.7 Å². The van der Waals surface area contributed by atoms with Gasteiger partial charge in [-0.15, -0.1) is 0 Å². The molecule has 1 aliphatic rings. The molecule has 0 amide bonds. The van der Waals surface area contributed by atoms with E-state index in [4.69, 9.17) is 4.43 Å². The second-order valence-electron chi connectivity index (χ2n) is 8.82. The smallest absolute Gasteiger partial charge is 0.192 e. The second-order valence-corrected chi connectivity index (χ2v) is 13.6. The van der Waals surface area contributed by atoms with E-state index in [1.54, 1.807) is 0 Å². The Hall–Kier alpha value is -1.39. The molecule has 1 aliphatic heterocycles. The van der Waals surface area contributed by atoms with Crippen LogP contribution in [0.1, 0.15) is 69.1 Å². The van der Waals surface area contributed by atoms with E-state index in [0.29, 0.717) is 6.42 Å². The van der Waals surface area contributed by atoms with Crippen LogP contribution < -0.4 is 0 Å². The van der Waals surface area contributed by atoms with Crippen LogP contribution in [0.25, 0.3) is 10.9 Å². The molecule has 0 aliphatic carbocycles. The minimum absolute atomic E-state index is 0.183. The lowest BCUT2D eigenvalue weighted by Gasteiger charge is -2.38. The Morgan fingerprint density at radius 2 is 2.00 bits per heavy atom. The van der Waals surface area contributed by atoms with Crippen LogP contribution in [0.4, 0.5) is 0 Å². The summed E-state index contributed by atoms with van der Waals surface area (Å²) in [5, 5.41) is 1.38. The van der Waals surface area contributed by atoms with Gasteiger partial charge in [-0.25, -0.2) is 0 Å². The van der Waals surface area contributed by atoms with Crippen molar-refractivity contribution in [3.8, 4) is 0 Å². The molecule has 3 nitrogen and oxygen atoms in total. The molecule has 2 aromatic rings. The van der Waals surface area contributed by atoms with Crippen molar-refractivity contribution in [2.45, 2.75) is 77.7 Å². The predicted molar refractivity (Wildman–Crippen MR) is 107 cm³/mol. The van der Waals surface area contributed by atoms with Gasteiger partial charge in [0.25, 0.3) is 0 Å². The molecule has 25 heavy (non-hydrogen) atoms. The Morgan fingerprint density at radius 3 is 2.64 bits per heavy atom. The van der Waals surface area contributed by atoms with Gasteiger partial charge in [0, 0.05) is 35.1 Å². The third kappa shape index (κ3) is 3.34.